The summed E-state index contributed by atoms with van der Waals surface area (Å²) in [6.45, 7) is 0. The molecule has 17 heavy (non-hydrogen) atoms. The maximum Gasteiger partial charge on any atom is 0.335 e. The number of hydrogen-bond acceptors (Lipinski definition) is 2. The van der Waals surface area contributed by atoms with Gasteiger partial charge in [0.25, 0.3) is 0 Å². The molecule has 86 valence electrons. The van der Waals surface area contributed by atoms with Gasteiger partial charge >= 0.3 is 5.97 Å². The average molecular weight is 249 g/mol. The highest BCUT2D eigenvalue weighted by atomic mass is 35.5. The van der Waals surface area contributed by atoms with Gasteiger partial charge in [-0.25, -0.2) is 4.79 Å². The van der Waals surface area contributed by atoms with Crippen molar-refractivity contribution >= 4 is 17.6 Å². The van der Waals surface area contributed by atoms with E-state index in [1.165, 1.54) is 24.3 Å². The molecule has 0 amide bonds. The summed E-state index contributed by atoms with van der Waals surface area (Å²) >= 11 is 6.01. The highest BCUT2D eigenvalue weighted by Crippen LogP contribution is 2.30. The van der Waals surface area contributed by atoms with Gasteiger partial charge in [0.1, 0.15) is 5.75 Å². The molecule has 2 aromatic rings. The molecule has 0 aliphatic carbocycles. The minimum absolute atomic E-state index is 0.110. The van der Waals surface area contributed by atoms with E-state index in [9.17, 15) is 9.90 Å². The van der Waals surface area contributed by atoms with E-state index in [2.05, 4.69) is 0 Å². The number of aromatic hydroxyl groups is 1. The zero-order valence-electron chi connectivity index (χ0n) is 8.72. The molecule has 0 aliphatic heterocycles. The molecular formula is C13H9ClO3. The Morgan fingerprint density at radius 2 is 1.88 bits per heavy atom. The molecule has 2 aromatic carbocycles. The van der Waals surface area contributed by atoms with E-state index >= 15 is 0 Å². The standard InChI is InChI=1S/C13H9ClO3/c14-12-5-4-9(13(16)17)7-11(12)8-2-1-3-10(15)6-8/h1-7,15H,(H,16,17). The van der Waals surface area contributed by atoms with Gasteiger partial charge in [0.05, 0.1) is 5.56 Å². The zero-order chi connectivity index (χ0) is 12.4. The zero-order valence-corrected chi connectivity index (χ0v) is 9.48. The predicted molar refractivity (Wildman–Crippen MR) is 65.5 cm³/mol. The number of phenolic OH excluding ortho intramolecular Hbond substituents is 1. The molecule has 3 nitrogen and oxygen atoms in total. The minimum Gasteiger partial charge on any atom is -0.508 e. The largest absolute Gasteiger partial charge is 0.508 e. The van der Waals surface area contributed by atoms with E-state index in [0.29, 0.717) is 16.1 Å². The predicted octanol–water partition coefficient (Wildman–Crippen LogP) is 3.41. The first-order valence-electron chi connectivity index (χ1n) is 4.90. The van der Waals surface area contributed by atoms with Crippen LogP contribution < -0.4 is 0 Å². The topological polar surface area (TPSA) is 57.5 Å². The van der Waals surface area contributed by atoms with Gasteiger partial charge in [-0.05, 0) is 35.9 Å². The number of hydrogen-bond donors (Lipinski definition) is 2. The van der Waals surface area contributed by atoms with Crippen molar-refractivity contribution < 1.29 is 15.0 Å². The third-order valence-electron chi connectivity index (χ3n) is 2.37. The van der Waals surface area contributed by atoms with Crippen LogP contribution in [0.1, 0.15) is 10.4 Å². The number of carbonyl (C=O) groups is 1. The van der Waals surface area contributed by atoms with E-state index in [4.69, 9.17) is 16.7 Å². The van der Waals surface area contributed by atoms with Crippen molar-refractivity contribution in [3.63, 3.8) is 0 Å². The minimum atomic E-state index is -1.01. The number of phenols is 1. The van der Waals surface area contributed by atoms with Gasteiger partial charge in [-0.1, -0.05) is 23.7 Å². The van der Waals surface area contributed by atoms with E-state index in [-0.39, 0.29) is 11.3 Å². The van der Waals surface area contributed by atoms with Crippen molar-refractivity contribution in [2.24, 2.45) is 0 Å². The first-order valence-corrected chi connectivity index (χ1v) is 5.28. The van der Waals surface area contributed by atoms with Crippen LogP contribution in [-0.4, -0.2) is 16.2 Å². The molecule has 0 aliphatic rings. The Hall–Kier alpha value is -2.00. The summed E-state index contributed by atoms with van der Waals surface area (Å²) in [5.74, 6) is -0.901. The van der Waals surface area contributed by atoms with Crippen molar-refractivity contribution in [1.29, 1.82) is 0 Å². The van der Waals surface area contributed by atoms with Crippen LogP contribution in [0.5, 0.6) is 5.75 Å². The first-order chi connectivity index (χ1) is 8.08. The van der Waals surface area contributed by atoms with Crippen LogP contribution in [0.15, 0.2) is 42.5 Å². The van der Waals surface area contributed by atoms with E-state index in [1.807, 2.05) is 0 Å². The molecule has 0 heterocycles. The monoisotopic (exact) mass is 248 g/mol. The molecule has 0 fully saturated rings. The Balaban J connectivity index is 2.58. The number of rotatable bonds is 2. The van der Waals surface area contributed by atoms with Gasteiger partial charge in [0, 0.05) is 10.6 Å². The smallest absolute Gasteiger partial charge is 0.335 e. The Labute approximate surface area is 103 Å². The highest BCUT2D eigenvalue weighted by molar-refractivity contribution is 6.33. The maximum absolute atomic E-state index is 10.9. The number of halogens is 1. The second kappa shape index (κ2) is 4.47. The first kappa shape index (κ1) is 11.5. The van der Waals surface area contributed by atoms with Crippen molar-refractivity contribution in [3.8, 4) is 16.9 Å². The molecule has 0 spiro atoms. The Bertz CT molecular complexity index is 579. The van der Waals surface area contributed by atoms with Gasteiger partial charge in [-0.2, -0.15) is 0 Å². The fourth-order valence-electron chi connectivity index (χ4n) is 1.55. The molecule has 4 heteroatoms. The van der Waals surface area contributed by atoms with Crippen molar-refractivity contribution in [2.75, 3.05) is 0 Å². The fourth-order valence-corrected chi connectivity index (χ4v) is 1.78. The van der Waals surface area contributed by atoms with E-state index in [1.54, 1.807) is 18.2 Å². The van der Waals surface area contributed by atoms with Crippen LogP contribution in [0.4, 0.5) is 0 Å². The van der Waals surface area contributed by atoms with Crippen LogP contribution in [0.3, 0.4) is 0 Å². The lowest BCUT2D eigenvalue weighted by Crippen LogP contribution is -1.96. The van der Waals surface area contributed by atoms with Crippen LogP contribution in [-0.2, 0) is 0 Å². The fraction of sp³-hybridized carbons (Fsp3) is 0. The highest BCUT2D eigenvalue weighted by Gasteiger charge is 2.09. The summed E-state index contributed by atoms with van der Waals surface area (Å²) in [4.78, 5) is 10.9. The van der Waals surface area contributed by atoms with Gasteiger partial charge in [-0.3, -0.25) is 0 Å². The number of carboxylic acid groups (broad SMARTS) is 1. The average Bonchev–Trinajstić information content (AvgIpc) is 2.29. The Kier molecular flexibility index (Phi) is 3.02. The van der Waals surface area contributed by atoms with Crippen LogP contribution >= 0.6 is 11.6 Å². The summed E-state index contributed by atoms with van der Waals surface area (Å²) in [6, 6.07) is 11.0. The molecule has 0 aromatic heterocycles. The molecule has 0 bridgehead atoms. The summed E-state index contributed by atoms with van der Waals surface area (Å²) in [6.07, 6.45) is 0. The second-order valence-corrected chi connectivity index (χ2v) is 3.96. The normalized spacial score (nSPS) is 10.2. The number of benzene rings is 2. The molecular weight excluding hydrogens is 240 g/mol. The lowest BCUT2D eigenvalue weighted by atomic mass is 10.0. The van der Waals surface area contributed by atoms with E-state index in [0.717, 1.165) is 0 Å². The van der Waals surface area contributed by atoms with Crippen LogP contribution in [0.2, 0.25) is 5.02 Å². The molecule has 0 saturated carbocycles. The van der Waals surface area contributed by atoms with Crippen molar-refractivity contribution in [1.82, 2.24) is 0 Å². The second-order valence-electron chi connectivity index (χ2n) is 3.55. The molecule has 0 atom stereocenters. The Morgan fingerprint density at radius 1 is 1.12 bits per heavy atom. The Morgan fingerprint density at radius 3 is 2.53 bits per heavy atom. The van der Waals surface area contributed by atoms with Crippen molar-refractivity contribution in [3.05, 3.63) is 53.1 Å². The quantitative estimate of drug-likeness (QED) is 0.856. The SMILES string of the molecule is O=C(O)c1ccc(Cl)c(-c2cccc(O)c2)c1. The lowest BCUT2D eigenvalue weighted by molar-refractivity contribution is 0.0697. The summed E-state index contributed by atoms with van der Waals surface area (Å²) < 4.78 is 0. The van der Waals surface area contributed by atoms with Crippen molar-refractivity contribution in [2.45, 2.75) is 0 Å². The van der Waals surface area contributed by atoms with Gasteiger partial charge < -0.3 is 10.2 Å². The molecule has 2 rings (SSSR count). The molecule has 0 unspecified atom stereocenters. The maximum atomic E-state index is 10.9. The van der Waals surface area contributed by atoms with Gasteiger partial charge in [0.2, 0.25) is 0 Å². The third-order valence-corrected chi connectivity index (χ3v) is 2.70. The summed E-state index contributed by atoms with van der Waals surface area (Å²) in [5, 5.41) is 18.7. The van der Waals surface area contributed by atoms with Gasteiger partial charge in [0.15, 0.2) is 0 Å². The molecule has 0 saturated heterocycles. The lowest BCUT2D eigenvalue weighted by Gasteiger charge is -2.06. The van der Waals surface area contributed by atoms with E-state index < -0.39 is 5.97 Å². The number of aromatic carboxylic acids is 1. The van der Waals surface area contributed by atoms with Crippen LogP contribution in [0.25, 0.3) is 11.1 Å². The summed E-state index contributed by atoms with van der Waals surface area (Å²) in [7, 11) is 0. The van der Waals surface area contributed by atoms with Gasteiger partial charge in [-0.15, -0.1) is 0 Å². The summed E-state index contributed by atoms with van der Waals surface area (Å²) in [5.41, 5.74) is 1.42. The van der Waals surface area contributed by atoms with Crippen LogP contribution in [0, 0.1) is 0 Å². The molecule has 0 radical (unpaired) electrons. The number of carboxylic acids is 1. The third kappa shape index (κ3) is 2.40. The molecule has 2 N–H and O–H groups in total.